The van der Waals surface area contributed by atoms with Crippen molar-refractivity contribution in [3.8, 4) is 5.75 Å². The van der Waals surface area contributed by atoms with E-state index in [4.69, 9.17) is 16.3 Å². The minimum Gasteiger partial charge on any atom is -0.491 e. The third-order valence-corrected chi connectivity index (χ3v) is 4.57. The van der Waals surface area contributed by atoms with Crippen molar-refractivity contribution in [3.63, 3.8) is 0 Å². The van der Waals surface area contributed by atoms with E-state index >= 15 is 0 Å². The maximum atomic E-state index is 13.0. The molecule has 0 spiro atoms. The molecule has 0 fully saturated rings. The van der Waals surface area contributed by atoms with Crippen LogP contribution in [0.3, 0.4) is 0 Å². The second-order valence-corrected chi connectivity index (χ2v) is 6.53. The van der Waals surface area contributed by atoms with Crippen LogP contribution in [0.2, 0.25) is 5.02 Å². The fourth-order valence-electron chi connectivity index (χ4n) is 3.07. The van der Waals surface area contributed by atoms with Gasteiger partial charge in [-0.05, 0) is 51.1 Å². The number of benzene rings is 2. The standard InChI is InChI=1S/C19H20ClNO2/c1-12-4-9-18-17(10-12)14(3)21(13(2)11-23-18)19(22)15-5-7-16(20)8-6-15/h4-10,13-14H,11H2,1-3H3/t13-,14+/m1/s1. The summed E-state index contributed by atoms with van der Waals surface area (Å²) in [6, 6.07) is 13.1. The number of carbonyl (C=O) groups is 1. The number of hydrogen-bond acceptors (Lipinski definition) is 2. The van der Waals surface area contributed by atoms with Crippen LogP contribution in [0.4, 0.5) is 0 Å². The molecule has 0 radical (unpaired) electrons. The van der Waals surface area contributed by atoms with Crippen LogP contribution in [0.5, 0.6) is 5.75 Å². The van der Waals surface area contributed by atoms with E-state index in [1.807, 2.05) is 30.9 Å². The van der Waals surface area contributed by atoms with Gasteiger partial charge in [0.05, 0.1) is 12.1 Å². The molecular weight excluding hydrogens is 310 g/mol. The highest BCUT2D eigenvalue weighted by Crippen LogP contribution is 2.35. The minimum absolute atomic E-state index is 0.000349. The minimum atomic E-state index is -0.0504. The number of hydrogen-bond donors (Lipinski definition) is 0. The summed E-state index contributed by atoms with van der Waals surface area (Å²) in [5, 5.41) is 0.628. The van der Waals surface area contributed by atoms with Gasteiger partial charge in [-0.2, -0.15) is 0 Å². The molecule has 0 saturated heterocycles. The van der Waals surface area contributed by atoms with Crippen molar-refractivity contribution in [2.75, 3.05) is 6.61 Å². The Labute approximate surface area is 141 Å². The summed E-state index contributed by atoms with van der Waals surface area (Å²) in [5.41, 5.74) is 2.86. The van der Waals surface area contributed by atoms with Crippen LogP contribution < -0.4 is 4.74 Å². The first-order chi connectivity index (χ1) is 11.0. The average Bonchev–Trinajstić information content (AvgIpc) is 2.65. The summed E-state index contributed by atoms with van der Waals surface area (Å²) in [6.07, 6.45) is 0. The summed E-state index contributed by atoms with van der Waals surface area (Å²) in [6.45, 7) is 6.60. The van der Waals surface area contributed by atoms with Crippen LogP contribution in [0.25, 0.3) is 0 Å². The molecule has 2 aromatic rings. The molecule has 0 saturated carbocycles. The first-order valence-electron chi connectivity index (χ1n) is 7.79. The summed E-state index contributed by atoms with van der Waals surface area (Å²) >= 11 is 5.93. The first-order valence-corrected chi connectivity index (χ1v) is 8.16. The molecule has 0 N–H and O–H groups in total. The number of rotatable bonds is 1. The fourth-order valence-corrected chi connectivity index (χ4v) is 3.19. The lowest BCUT2D eigenvalue weighted by molar-refractivity contribution is 0.0576. The van der Waals surface area contributed by atoms with Gasteiger partial charge in [0, 0.05) is 16.1 Å². The Balaban J connectivity index is 1.99. The van der Waals surface area contributed by atoms with E-state index in [0.29, 0.717) is 17.2 Å². The number of aryl methyl sites for hydroxylation is 1. The number of ether oxygens (including phenoxy) is 1. The van der Waals surface area contributed by atoms with E-state index in [2.05, 4.69) is 13.0 Å². The van der Waals surface area contributed by atoms with Gasteiger partial charge in [0.1, 0.15) is 12.4 Å². The van der Waals surface area contributed by atoms with Crippen LogP contribution >= 0.6 is 11.6 Å². The molecular formula is C19H20ClNO2. The summed E-state index contributed by atoms with van der Waals surface area (Å²) in [4.78, 5) is 14.9. The van der Waals surface area contributed by atoms with Crippen molar-refractivity contribution < 1.29 is 9.53 Å². The topological polar surface area (TPSA) is 29.5 Å². The van der Waals surface area contributed by atoms with Gasteiger partial charge in [-0.1, -0.05) is 29.3 Å². The zero-order valence-corrected chi connectivity index (χ0v) is 14.3. The van der Waals surface area contributed by atoms with E-state index in [1.165, 1.54) is 0 Å². The molecule has 0 aliphatic carbocycles. The molecule has 1 aliphatic heterocycles. The maximum absolute atomic E-state index is 13.0. The lowest BCUT2D eigenvalue weighted by Crippen LogP contribution is -2.41. The van der Waals surface area contributed by atoms with Gasteiger partial charge >= 0.3 is 0 Å². The van der Waals surface area contributed by atoms with Crippen LogP contribution in [0.15, 0.2) is 42.5 Å². The van der Waals surface area contributed by atoms with Crippen LogP contribution in [0, 0.1) is 6.92 Å². The molecule has 120 valence electrons. The largest absolute Gasteiger partial charge is 0.491 e. The molecule has 2 aromatic carbocycles. The maximum Gasteiger partial charge on any atom is 0.254 e. The molecule has 0 aromatic heterocycles. The van der Waals surface area contributed by atoms with E-state index in [-0.39, 0.29) is 18.0 Å². The van der Waals surface area contributed by atoms with Gasteiger partial charge in [0.15, 0.2) is 0 Å². The van der Waals surface area contributed by atoms with Crippen molar-refractivity contribution in [1.29, 1.82) is 0 Å². The quantitative estimate of drug-likeness (QED) is 0.763. The SMILES string of the molecule is Cc1ccc2c(c1)[C@H](C)N(C(=O)c1ccc(Cl)cc1)[C@H](C)CO2. The highest BCUT2D eigenvalue weighted by molar-refractivity contribution is 6.30. The zero-order chi connectivity index (χ0) is 16.6. The summed E-state index contributed by atoms with van der Waals surface area (Å²) in [5.74, 6) is 0.862. The molecule has 2 atom stereocenters. The van der Waals surface area contributed by atoms with Gasteiger partial charge in [-0.3, -0.25) is 4.79 Å². The van der Waals surface area contributed by atoms with Gasteiger partial charge < -0.3 is 9.64 Å². The van der Waals surface area contributed by atoms with Gasteiger partial charge in [-0.15, -0.1) is 0 Å². The third kappa shape index (κ3) is 3.06. The molecule has 4 heteroatoms. The molecule has 1 aliphatic rings. The molecule has 1 heterocycles. The number of fused-ring (bicyclic) bond motifs is 1. The Morgan fingerprint density at radius 2 is 1.87 bits per heavy atom. The smallest absolute Gasteiger partial charge is 0.254 e. The Morgan fingerprint density at radius 1 is 1.17 bits per heavy atom. The number of nitrogens with zero attached hydrogens (tertiary/aromatic N) is 1. The molecule has 0 bridgehead atoms. The predicted octanol–water partition coefficient (Wildman–Crippen LogP) is 4.63. The predicted molar refractivity (Wildman–Crippen MR) is 92.2 cm³/mol. The lowest BCUT2D eigenvalue weighted by Gasteiger charge is -2.32. The Morgan fingerprint density at radius 3 is 2.57 bits per heavy atom. The second kappa shape index (κ2) is 6.25. The van der Waals surface area contributed by atoms with Crippen molar-refractivity contribution in [2.45, 2.75) is 32.9 Å². The highest BCUT2D eigenvalue weighted by Gasteiger charge is 2.32. The molecule has 23 heavy (non-hydrogen) atoms. The van der Waals surface area contributed by atoms with E-state index < -0.39 is 0 Å². The summed E-state index contributed by atoms with van der Waals surface area (Å²) < 4.78 is 5.91. The highest BCUT2D eigenvalue weighted by atomic mass is 35.5. The Bertz CT molecular complexity index is 727. The van der Waals surface area contributed by atoms with Crippen molar-refractivity contribution in [3.05, 3.63) is 64.2 Å². The third-order valence-electron chi connectivity index (χ3n) is 4.31. The number of halogens is 1. The van der Waals surface area contributed by atoms with Crippen molar-refractivity contribution in [1.82, 2.24) is 4.90 Å². The number of carbonyl (C=O) groups excluding carboxylic acids is 1. The Kier molecular flexibility index (Phi) is 4.31. The summed E-state index contributed by atoms with van der Waals surface area (Å²) in [7, 11) is 0. The van der Waals surface area contributed by atoms with Crippen molar-refractivity contribution >= 4 is 17.5 Å². The van der Waals surface area contributed by atoms with Gasteiger partial charge in [0.2, 0.25) is 0 Å². The normalized spacial score (nSPS) is 20.4. The van der Waals surface area contributed by atoms with Gasteiger partial charge in [-0.25, -0.2) is 0 Å². The van der Waals surface area contributed by atoms with Gasteiger partial charge in [0.25, 0.3) is 5.91 Å². The monoisotopic (exact) mass is 329 g/mol. The second-order valence-electron chi connectivity index (χ2n) is 6.10. The van der Waals surface area contributed by atoms with Crippen molar-refractivity contribution in [2.24, 2.45) is 0 Å². The van der Waals surface area contributed by atoms with Crippen LogP contribution in [-0.2, 0) is 0 Å². The molecule has 0 unspecified atom stereocenters. The number of amides is 1. The zero-order valence-electron chi connectivity index (χ0n) is 13.5. The lowest BCUT2D eigenvalue weighted by atomic mass is 10.0. The van der Waals surface area contributed by atoms with E-state index in [9.17, 15) is 4.79 Å². The van der Waals surface area contributed by atoms with E-state index in [1.54, 1.807) is 24.3 Å². The average molecular weight is 330 g/mol. The van der Waals surface area contributed by atoms with Crippen LogP contribution in [-0.4, -0.2) is 23.5 Å². The first kappa shape index (κ1) is 15.9. The molecule has 3 rings (SSSR count). The van der Waals surface area contributed by atoms with Crippen LogP contribution in [0.1, 0.15) is 41.4 Å². The van der Waals surface area contributed by atoms with E-state index in [0.717, 1.165) is 16.9 Å². The Hall–Kier alpha value is -2.00. The fraction of sp³-hybridized carbons (Fsp3) is 0.316. The molecule has 3 nitrogen and oxygen atoms in total. The molecule has 1 amide bonds.